The Morgan fingerprint density at radius 2 is 2.12 bits per heavy atom. The van der Waals surface area contributed by atoms with Crippen LogP contribution in [-0.2, 0) is 11.8 Å². The Bertz CT molecular complexity index is 430. The molecule has 3 nitrogen and oxygen atoms in total. The van der Waals surface area contributed by atoms with E-state index in [1.807, 2.05) is 38.5 Å². The Kier molecular flexibility index (Phi) is 4.70. The Morgan fingerprint density at radius 3 is 2.59 bits per heavy atom. The van der Waals surface area contributed by atoms with Crippen molar-refractivity contribution < 1.29 is 9.53 Å². The Balaban J connectivity index is 2.53. The van der Waals surface area contributed by atoms with Gasteiger partial charge in [0.1, 0.15) is 6.61 Å². The van der Waals surface area contributed by atoms with Crippen LogP contribution in [0.4, 0.5) is 0 Å². The van der Waals surface area contributed by atoms with Gasteiger partial charge < -0.3 is 9.30 Å². The molecule has 0 N–H and O–H groups in total. The van der Waals surface area contributed by atoms with Gasteiger partial charge in [0.15, 0.2) is 5.78 Å². The maximum absolute atomic E-state index is 11.9. The molecule has 0 aliphatic carbocycles. The van der Waals surface area contributed by atoms with Crippen LogP contribution in [0.2, 0.25) is 0 Å². The SMILES string of the molecule is C=C(C)CCOCC(=O)c1cc(C)n(C)c1C. The molecule has 1 heterocycles. The van der Waals surface area contributed by atoms with Crippen LogP contribution in [0, 0.1) is 13.8 Å². The topological polar surface area (TPSA) is 31.2 Å². The highest BCUT2D eigenvalue weighted by Gasteiger charge is 2.13. The minimum atomic E-state index is 0.0490. The molecule has 0 saturated heterocycles. The van der Waals surface area contributed by atoms with Gasteiger partial charge in [-0.05, 0) is 33.3 Å². The summed E-state index contributed by atoms with van der Waals surface area (Å²) in [5.41, 5.74) is 3.92. The molecule has 0 spiro atoms. The Hall–Kier alpha value is -1.35. The van der Waals surface area contributed by atoms with Gasteiger partial charge in [0.05, 0.1) is 6.61 Å². The van der Waals surface area contributed by atoms with Crippen molar-refractivity contribution in [1.29, 1.82) is 0 Å². The van der Waals surface area contributed by atoms with Gasteiger partial charge in [-0.15, -0.1) is 6.58 Å². The zero-order valence-corrected chi connectivity index (χ0v) is 11.2. The fourth-order valence-corrected chi connectivity index (χ4v) is 1.63. The van der Waals surface area contributed by atoms with Gasteiger partial charge in [0.25, 0.3) is 0 Å². The number of nitrogens with zero attached hydrogens (tertiary/aromatic N) is 1. The minimum absolute atomic E-state index is 0.0490. The third-order valence-electron chi connectivity index (χ3n) is 2.98. The molecule has 94 valence electrons. The first-order chi connectivity index (χ1) is 7.93. The minimum Gasteiger partial charge on any atom is -0.373 e. The van der Waals surface area contributed by atoms with E-state index in [1.165, 1.54) is 0 Å². The molecule has 0 radical (unpaired) electrons. The number of carbonyl (C=O) groups excluding carboxylic acids is 1. The van der Waals surface area contributed by atoms with Crippen LogP contribution in [0.3, 0.4) is 0 Å². The van der Waals surface area contributed by atoms with Crippen molar-refractivity contribution in [3.05, 3.63) is 35.2 Å². The average molecular weight is 235 g/mol. The maximum atomic E-state index is 11.9. The van der Waals surface area contributed by atoms with E-state index < -0.39 is 0 Å². The molecule has 0 amide bonds. The monoisotopic (exact) mass is 235 g/mol. The van der Waals surface area contributed by atoms with Gasteiger partial charge in [-0.2, -0.15) is 0 Å². The van der Waals surface area contributed by atoms with E-state index in [1.54, 1.807) is 0 Å². The molecule has 0 unspecified atom stereocenters. The normalized spacial score (nSPS) is 10.6. The van der Waals surface area contributed by atoms with E-state index in [0.717, 1.165) is 28.9 Å². The van der Waals surface area contributed by atoms with Gasteiger partial charge in [0, 0.05) is 24.0 Å². The summed E-state index contributed by atoms with van der Waals surface area (Å²) in [6.07, 6.45) is 0.806. The summed E-state index contributed by atoms with van der Waals surface area (Å²) in [4.78, 5) is 11.9. The van der Waals surface area contributed by atoms with Crippen molar-refractivity contribution in [1.82, 2.24) is 4.57 Å². The Morgan fingerprint density at radius 1 is 1.47 bits per heavy atom. The number of aryl methyl sites for hydroxylation is 1. The molecule has 0 bridgehead atoms. The quantitative estimate of drug-likeness (QED) is 0.431. The highest BCUT2D eigenvalue weighted by molar-refractivity contribution is 5.98. The van der Waals surface area contributed by atoms with Crippen LogP contribution in [0.5, 0.6) is 0 Å². The smallest absolute Gasteiger partial charge is 0.190 e. The van der Waals surface area contributed by atoms with Gasteiger partial charge in [-0.25, -0.2) is 0 Å². The summed E-state index contributed by atoms with van der Waals surface area (Å²) < 4.78 is 7.36. The summed E-state index contributed by atoms with van der Waals surface area (Å²) in [5, 5.41) is 0. The predicted octanol–water partition coefficient (Wildman–Crippen LogP) is 2.81. The number of aromatic nitrogens is 1. The lowest BCUT2D eigenvalue weighted by Gasteiger charge is -2.04. The van der Waals surface area contributed by atoms with E-state index in [4.69, 9.17) is 4.74 Å². The van der Waals surface area contributed by atoms with E-state index in [0.29, 0.717) is 6.61 Å². The van der Waals surface area contributed by atoms with Crippen molar-refractivity contribution >= 4 is 5.78 Å². The zero-order valence-electron chi connectivity index (χ0n) is 11.2. The number of hydrogen-bond donors (Lipinski definition) is 0. The molecule has 0 saturated carbocycles. The number of Topliss-reactive ketones (excluding diaryl/α,β-unsaturated/α-hetero) is 1. The van der Waals surface area contributed by atoms with E-state index in [-0.39, 0.29) is 12.4 Å². The average Bonchev–Trinajstić information content (AvgIpc) is 2.52. The summed E-state index contributed by atoms with van der Waals surface area (Å²) in [7, 11) is 1.96. The second-order valence-electron chi connectivity index (χ2n) is 4.53. The van der Waals surface area contributed by atoms with E-state index in [2.05, 4.69) is 6.58 Å². The third kappa shape index (κ3) is 3.56. The van der Waals surface area contributed by atoms with Gasteiger partial charge in [-0.1, -0.05) is 5.57 Å². The largest absolute Gasteiger partial charge is 0.373 e. The first-order valence-corrected chi connectivity index (χ1v) is 5.81. The molecule has 17 heavy (non-hydrogen) atoms. The number of hydrogen-bond acceptors (Lipinski definition) is 2. The van der Waals surface area contributed by atoms with Gasteiger partial charge in [0.2, 0.25) is 0 Å². The van der Waals surface area contributed by atoms with Crippen molar-refractivity contribution in [3.8, 4) is 0 Å². The summed E-state index contributed by atoms with van der Waals surface area (Å²) in [6.45, 7) is 10.4. The number of carbonyl (C=O) groups is 1. The molecule has 0 atom stereocenters. The fourth-order valence-electron chi connectivity index (χ4n) is 1.63. The summed E-state index contributed by atoms with van der Waals surface area (Å²) >= 11 is 0. The highest BCUT2D eigenvalue weighted by Crippen LogP contribution is 2.14. The van der Waals surface area contributed by atoms with Crippen LogP contribution in [0.25, 0.3) is 0 Å². The molecule has 1 aromatic rings. The second-order valence-corrected chi connectivity index (χ2v) is 4.53. The predicted molar refractivity (Wildman–Crippen MR) is 69.5 cm³/mol. The molecule has 0 fully saturated rings. The van der Waals surface area contributed by atoms with Crippen LogP contribution in [0.15, 0.2) is 18.2 Å². The lowest BCUT2D eigenvalue weighted by atomic mass is 10.1. The molecule has 1 rings (SSSR count). The molecule has 3 heteroatoms. The van der Waals surface area contributed by atoms with Crippen LogP contribution in [0.1, 0.15) is 35.1 Å². The molecule has 0 aliphatic heterocycles. The molecular formula is C14H21NO2. The zero-order chi connectivity index (χ0) is 13.0. The van der Waals surface area contributed by atoms with E-state index >= 15 is 0 Å². The Labute approximate surface area is 103 Å². The summed E-state index contributed by atoms with van der Waals surface area (Å²) in [6, 6.07) is 1.92. The van der Waals surface area contributed by atoms with E-state index in [9.17, 15) is 4.79 Å². The standard InChI is InChI=1S/C14H21NO2/c1-10(2)6-7-17-9-14(16)13-8-11(3)15(5)12(13)4/h8H,1,6-7,9H2,2-5H3. The molecule has 0 aliphatic rings. The third-order valence-corrected chi connectivity index (χ3v) is 2.98. The number of ketones is 1. The highest BCUT2D eigenvalue weighted by atomic mass is 16.5. The number of ether oxygens (including phenoxy) is 1. The van der Waals surface area contributed by atoms with Crippen LogP contribution >= 0.6 is 0 Å². The molecule has 0 aromatic carbocycles. The van der Waals surface area contributed by atoms with Crippen molar-refractivity contribution in [2.24, 2.45) is 7.05 Å². The number of rotatable bonds is 6. The fraction of sp³-hybridized carbons (Fsp3) is 0.500. The van der Waals surface area contributed by atoms with Gasteiger partial charge in [-0.3, -0.25) is 4.79 Å². The van der Waals surface area contributed by atoms with Crippen molar-refractivity contribution in [2.75, 3.05) is 13.2 Å². The van der Waals surface area contributed by atoms with Crippen LogP contribution in [-0.4, -0.2) is 23.6 Å². The maximum Gasteiger partial charge on any atom is 0.190 e. The van der Waals surface area contributed by atoms with Crippen molar-refractivity contribution in [2.45, 2.75) is 27.2 Å². The van der Waals surface area contributed by atoms with Crippen molar-refractivity contribution in [3.63, 3.8) is 0 Å². The van der Waals surface area contributed by atoms with Crippen LogP contribution < -0.4 is 0 Å². The lowest BCUT2D eigenvalue weighted by molar-refractivity contribution is 0.0765. The van der Waals surface area contributed by atoms with Gasteiger partial charge >= 0.3 is 0 Å². The first kappa shape index (κ1) is 13.7. The second kappa shape index (κ2) is 5.82. The molecular weight excluding hydrogens is 214 g/mol. The first-order valence-electron chi connectivity index (χ1n) is 5.81. The summed E-state index contributed by atoms with van der Waals surface area (Å²) in [5.74, 6) is 0.0490. The molecule has 1 aromatic heterocycles. The lowest BCUT2D eigenvalue weighted by Crippen LogP contribution is -2.11.